The number of thioether (sulfide) groups is 1. The van der Waals surface area contributed by atoms with Crippen LogP contribution in [0.2, 0.25) is 0 Å². The van der Waals surface area contributed by atoms with Crippen molar-refractivity contribution in [2.24, 2.45) is 5.41 Å². The summed E-state index contributed by atoms with van der Waals surface area (Å²) in [4.78, 5) is 11.2. The van der Waals surface area contributed by atoms with Gasteiger partial charge < -0.3 is 10.2 Å². The van der Waals surface area contributed by atoms with Gasteiger partial charge in [0.2, 0.25) is 0 Å². The van der Waals surface area contributed by atoms with Crippen LogP contribution in [0.5, 0.6) is 0 Å². The van der Waals surface area contributed by atoms with Gasteiger partial charge in [-0.05, 0) is 24.3 Å². The molecule has 16 heavy (non-hydrogen) atoms. The van der Waals surface area contributed by atoms with Crippen molar-refractivity contribution in [2.75, 3.05) is 11.5 Å². The molecule has 3 nitrogen and oxygen atoms in total. The molecule has 1 saturated carbocycles. The van der Waals surface area contributed by atoms with Gasteiger partial charge in [0.15, 0.2) is 0 Å². The summed E-state index contributed by atoms with van der Waals surface area (Å²) in [7, 11) is 0. The van der Waals surface area contributed by atoms with E-state index < -0.39 is 35.7 Å². The molecule has 0 bridgehead atoms. The summed E-state index contributed by atoms with van der Waals surface area (Å²) in [6.45, 7) is 0. The van der Waals surface area contributed by atoms with Crippen molar-refractivity contribution in [1.29, 1.82) is 0 Å². The van der Waals surface area contributed by atoms with Gasteiger partial charge in [-0.1, -0.05) is 0 Å². The zero-order chi connectivity index (χ0) is 12.0. The second-order valence-electron chi connectivity index (χ2n) is 4.74. The van der Waals surface area contributed by atoms with Crippen LogP contribution < -0.4 is 0 Å². The Balaban J connectivity index is 2.24. The first-order chi connectivity index (χ1) is 7.31. The zero-order valence-corrected chi connectivity index (χ0v) is 9.53. The molecule has 92 valence electrons. The van der Waals surface area contributed by atoms with Gasteiger partial charge in [-0.25, -0.2) is 8.78 Å². The molecule has 1 aliphatic carbocycles. The molecule has 0 amide bonds. The SMILES string of the molecule is O=C(O)C1(C2(O)CCSCC2)CC(F)(F)C1. The summed E-state index contributed by atoms with van der Waals surface area (Å²) >= 11 is 1.62. The van der Waals surface area contributed by atoms with Crippen LogP contribution in [0, 0.1) is 5.41 Å². The van der Waals surface area contributed by atoms with Crippen LogP contribution in [0.3, 0.4) is 0 Å². The van der Waals surface area contributed by atoms with Gasteiger partial charge in [-0.2, -0.15) is 11.8 Å². The average Bonchev–Trinajstić information content (AvgIpc) is 2.14. The highest BCUT2D eigenvalue weighted by molar-refractivity contribution is 7.99. The standard InChI is InChI=1S/C10H14F2O3S/c11-10(12)5-8(6-10,7(13)14)9(15)1-3-16-4-2-9/h15H,1-6H2,(H,13,14). The summed E-state index contributed by atoms with van der Waals surface area (Å²) in [5, 5.41) is 19.4. The lowest BCUT2D eigenvalue weighted by Crippen LogP contribution is -2.65. The zero-order valence-electron chi connectivity index (χ0n) is 8.71. The quantitative estimate of drug-likeness (QED) is 0.786. The van der Waals surface area contributed by atoms with Crippen molar-refractivity contribution in [1.82, 2.24) is 0 Å². The molecule has 1 saturated heterocycles. The fraction of sp³-hybridized carbons (Fsp3) is 0.900. The van der Waals surface area contributed by atoms with E-state index in [0.29, 0.717) is 24.3 Å². The summed E-state index contributed by atoms with van der Waals surface area (Å²) in [5.41, 5.74) is -3.08. The Bertz CT molecular complexity index is 305. The van der Waals surface area contributed by atoms with Gasteiger partial charge in [-0.3, -0.25) is 4.79 Å². The topological polar surface area (TPSA) is 57.5 Å². The number of hydrogen-bond acceptors (Lipinski definition) is 3. The van der Waals surface area contributed by atoms with E-state index >= 15 is 0 Å². The molecule has 2 rings (SSSR count). The number of carboxylic acid groups (broad SMARTS) is 1. The Morgan fingerprint density at radius 2 is 1.69 bits per heavy atom. The molecule has 2 N–H and O–H groups in total. The van der Waals surface area contributed by atoms with E-state index in [1.807, 2.05) is 0 Å². The molecule has 1 aliphatic heterocycles. The second kappa shape index (κ2) is 3.57. The summed E-state index contributed by atoms with van der Waals surface area (Å²) in [6.07, 6.45) is -0.868. The molecule has 6 heteroatoms. The number of aliphatic carboxylic acids is 1. The third-order valence-electron chi connectivity index (χ3n) is 3.74. The van der Waals surface area contributed by atoms with E-state index in [-0.39, 0.29) is 0 Å². The van der Waals surface area contributed by atoms with Crippen molar-refractivity contribution in [3.05, 3.63) is 0 Å². The summed E-state index contributed by atoms with van der Waals surface area (Å²) in [6, 6.07) is 0. The Labute approximate surface area is 96.2 Å². The van der Waals surface area contributed by atoms with E-state index in [4.69, 9.17) is 5.11 Å². The largest absolute Gasteiger partial charge is 0.481 e. The van der Waals surface area contributed by atoms with E-state index in [0.717, 1.165) is 0 Å². The molecule has 0 radical (unpaired) electrons. The van der Waals surface area contributed by atoms with E-state index in [9.17, 15) is 18.7 Å². The molecule has 0 spiro atoms. The number of alkyl halides is 2. The number of carbonyl (C=O) groups is 1. The third kappa shape index (κ3) is 1.62. The third-order valence-corrected chi connectivity index (χ3v) is 4.73. The first-order valence-electron chi connectivity index (χ1n) is 5.23. The Morgan fingerprint density at radius 3 is 2.06 bits per heavy atom. The second-order valence-corrected chi connectivity index (χ2v) is 5.97. The van der Waals surface area contributed by atoms with Crippen LogP contribution in [0.15, 0.2) is 0 Å². The molecule has 0 unspecified atom stereocenters. The van der Waals surface area contributed by atoms with Crippen molar-refractivity contribution in [3.63, 3.8) is 0 Å². The van der Waals surface area contributed by atoms with Gasteiger partial charge in [0.25, 0.3) is 5.92 Å². The lowest BCUT2D eigenvalue weighted by atomic mass is 9.55. The lowest BCUT2D eigenvalue weighted by molar-refractivity contribution is -0.245. The number of aliphatic hydroxyl groups is 1. The summed E-state index contributed by atoms with van der Waals surface area (Å²) in [5.74, 6) is -2.94. The Kier molecular flexibility index (Phi) is 2.70. The number of hydrogen-bond donors (Lipinski definition) is 2. The monoisotopic (exact) mass is 252 g/mol. The highest BCUT2D eigenvalue weighted by Gasteiger charge is 2.70. The fourth-order valence-electron chi connectivity index (χ4n) is 2.70. The minimum absolute atomic E-state index is 0.292. The van der Waals surface area contributed by atoms with Crippen LogP contribution >= 0.6 is 11.8 Å². The average molecular weight is 252 g/mol. The van der Waals surface area contributed by atoms with Crippen molar-refractivity contribution >= 4 is 17.7 Å². The molecule has 0 aromatic rings. The van der Waals surface area contributed by atoms with Crippen LogP contribution in [-0.4, -0.2) is 39.2 Å². The van der Waals surface area contributed by atoms with Crippen LogP contribution in [0.25, 0.3) is 0 Å². The van der Waals surface area contributed by atoms with Gasteiger partial charge in [-0.15, -0.1) is 0 Å². The molecule has 0 aromatic carbocycles. The molecule has 1 heterocycles. The minimum Gasteiger partial charge on any atom is -0.481 e. The summed E-state index contributed by atoms with van der Waals surface area (Å²) < 4.78 is 25.9. The first-order valence-corrected chi connectivity index (χ1v) is 6.38. The molecule has 0 aromatic heterocycles. The van der Waals surface area contributed by atoms with E-state index in [2.05, 4.69) is 0 Å². The molecule has 2 fully saturated rings. The number of rotatable bonds is 2. The molecule has 0 atom stereocenters. The number of halogens is 2. The van der Waals surface area contributed by atoms with Crippen molar-refractivity contribution < 1.29 is 23.8 Å². The maximum absolute atomic E-state index is 12.9. The first kappa shape index (κ1) is 12.1. The lowest BCUT2D eigenvalue weighted by Gasteiger charge is -2.54. The highest BCUT2D eigenvalue weighted by Crippen LogP contribution is 2.60. The van der Waals surface area contributed by atoms with Gasteiger partial charge >= 0.3 is 5.97 Å². The Hall–Kier alpha value is -0.360. The highest BCUT2D eigenvalue weighted by atomic mass is 32.2. The predicted molar refractivity (Wildman–Crippen MR) is 55.8 cm³/mol. The van der Waals surface area contributed by atoms with Gasteiger partial charge in [0.05, 0.1) is 5.60 Å². The van der Waals surface area contributed by atoms with Crippen molar-refractivity contribution in [2.45, 2.75) is 37.2 Å². The predicted octanol–water partition coefficient (Wildman–Crippen LogP) is 1.74. The maximum Gasteiger partial charge on any atom is 0.313 e. The fourth-order valence-corrected chi connectivity index (χ4v) is 3.87. The van der Waals surface area contributed by atoms with E-state index in [1.165, 1.54) is 0 Å². The van der Waals surface area contributed by atoms with Crippen LogP contribution in [0.1, 0.15) is 25.7 Å². The molecule has 2 aliphatic rings. The molecular formula is C10H14F2O3S. The Morgan fingerprint density at radius 1 is 1.19 bits per heavy atom. The van der Waals surface area contributed by atoms with E-state index in [1.54, 1.807) is 11.8 Å². The van der Waals surface area contributed by atoms with Crippen LogP contribution in [-0.2, 0) is 4.79 Å². The minimum atomic E-state index is -2.93. The smallest absolute Gasteiger partial charge is 0.313 e. The van der Waals surface area contributed by atoms with Crippen molar-refractivity contribution in [3.8, 4) is 0 Å². The van der Waals surface area contributed by atoms with Crippen LogP contribution in [0.4, 0.5) is 8.78 Å². The van der Waals surface area contributed by atoms with Gasteiger partial charge in [0, 0.05) is 12.8 Å². The maximum atomic E-state index is 12.9. The normalized spacial score (nSPS) is 30.4. The molecular weight excluding hydrogens is 238 g/mol. The number of carboxylic acids is 1. The van der Waals surface area contributed by atoms with Gasteiger partial charge in [0.1, 0.15) is 5.41 Å².